The second-order valence-electron chi connectivity index (χ2n) is 8.47. The van der Waals surface area contributed by atoms with Gasteiger partial charge in [0.25, 0.3) is 5.91 Å². The predicted octanol–water partition coefficient (Wildman–Crippen LogP) is 5.92. The molecule has 0 aromatic heterocycles. The van der Waals surface area contributed by atoms with Crippen molar-refractivity contribution in [2.24, 2.45) is 0 Å². The summed E-state index contributed by atoms with van der Waals surface area (Å²) in [6.07, 6.45) is 3.01. The molecular weight excluding hydrogens is 497 g/mol. The molecule has 1 saturated heterocycles. The van der Waals surface area contributed by atoms with Gasteiger partial charge in [0.05, 0.1) is 12.1 Å². The summed E-state index contributed by atoms with van der Waals surface area (Å²) < 4.78 is 5.30. The lowest BCUT2D eigenvalue weighted by atomic mass is 10.1. The Hall–Kier alpha value is -3.48. The molecule has 0 bridgehead atoms. The fourth-order valence-corrected chi connectivity index (χ4v) is 4.76. The fourth-order valence-electron chi connectivity index (χ4n) is 4.18. The Bertz CT molecular complexity index is 1280. The zero-order chi connectivity index (χ0) is 25.7. The van der Waals surface area contributed by atoms with Crippen LogP contribution in [0.4, 0.5) is 11.4 Å². The van der Waals surface area contributed by atoms with Gasteiger partial charge in [-0.1, -0.05) is 41.4 Å². The minimum Gasteiger partial charge on any atom is -0.495 e. The smallest absolute Gasteiger partial charge is 0.254 e. The second-order valence-corrected chi connectivity index (χ2v) is 9.32. The lowest BCUT2D eigenvalue weighted by molar-refractivity contribution is -0.111. The fraction of sp³-hybridized carbons (Fsp3) is 0.214. The predicted molar refractivity (Wildman–Crippen MR) is 146 cm³/mol. The summed E-state index contributed by atoms with van der Waals surface area (Å²) in [4.78, 5) is 29.4. The molecule has 0 unspecified atom stereocenters. The summed E-state index contributed by atoms with van der Waals surface area (Å²) in [6.45, 7) is 4.77. The standard InChI is InChI=1S/C28H27Cl2N3O3/c1-19-5-3-4-6-24(19)28(35)33-15-13-32(14-16-33)23-10-8-22(9-11-23)31-26(34)12-7-20-17-21(29)18-25(30)27(20)36-2/h3-12,17-18H,13-16H2,1-2H3,(H,31,34)/b12-7+. The molecule has 3 aromatic rings. The summed E-state index contributed by atoms with van der Waals surface area (Å²) in [6, 6.07) is 18.6. The van der Waals surface area contributed by atoms with Crippen LogP contribution in [-0.4, -0.2) is 50.0 Å². The van der Waals surface area contributed by atoms with E-state index in [9.17, 15) is 9.59 Å². The first-order chi connectivity index (χ1) is 17.4. The third-order valence-electron chi connectivity index (χ3n) is 6.10. The van der Waals surface area contributed by atoms with Gasteiger partial charge < -0.3 is 19.9 Å². The van der Waals surface area contributed by atoms with Gasteiger partial charge in [-0.15, -0.1) is 0 Å². The van der Waals surface area contributed by atoms with Crippen molar-refractivity contribution in [3.63, 3.8) is 0 Å². The molecule has 0 spiro atoms. The van der Waals surface area contributed by atoms with E-state index >= 15 is 0 Å². The molecule has 1 fully saturated rings. The number of ether oxygens (including phenoxy) is 1. The van der Waals surface area contributed by atoms with Gasteiger partial charge in [-0.3, -0.25) is 9.59 Å². The molecule has 0 atom stereocenters. The molecule has 0 saturated carbocycles. The van der Waals surface area contributed by atoms with Crippen molar-refractivity contribution in [3.05, 3.63) is 93.5 Å². The first kappa shape index (κ1) is 25.6. The van der Waals surface area contributed by atoms with E-state index < -0.39 is 0 Å². The number of amides is 2. The van der Waals surface area contributed by atoms with Crippen LogP contribution in [0.15, 0.2) is 66.7 Å². The third-order valence-corrected chi connectivity index (χ3v) is 6.60. The van der Waals surface area contributed by atoms with Crippen molar-refractivity contribution in [1.29, 1.82) is 0 Å². The average molecular weight is 524 g/mol. The maximum atomic E-state index is 12.9. The topological polar surface area (TPSA) is 61.9 Å². The van der Waals surface area contributed by atoms with Crippen molar-refractivity contribution < 1.29 is 14.3 Å². The van der Waals surface area contributed by atoms with Gasteiger partial charge in [0, 0.05) is 59.8 Å². The lowest BCUT2D eigenvalue weighted by Crippen LogP contribution is -2.48. The maximum absolute atomic E-state index is 12.9. The Morgan fingerprint density at radius 3 is 2.33 bits per heavy atom. The minimum atomic E-state index is -0.288. The normalized spacial score (nSPS) is 13.7. The van der Waals surface area contributed by atoms with E-state index in [1.54, 1.807) is 18.2 Å². The van der Waals surface area contributed by atoms with E-state index in [2.05, 4.69) is 10.2 Å². The van der Waals surface area contributed by atoms with Gasteiger partial charge >= 0.3 is 0 Å². The number of aryl methyl sites for hydroxylation is 1. The number of hydrogen-bond acceptors (Lipinski definition) is 4. The summed E-state index contributed by atoms with van der Waals surface area (Å²) >= 11 is 12.2. The number of rotatable bonds is 6. The number of methoxy groups -OCH3 is 1. The minimum absolute atomic E-state index is 0.0801. The van der Waals surface area contributed by atoms with E-state index in [1.165, 1.54) is 13.2 Å². The molecule has 1 aliphatic rings. The highest BCUT2D eigenvalue weighted by atomic mass is 35.5. The summed E-state index contributed by atoms with van der Waals surface area (Å²) in [5.41, 5.74) is 4.09. The zero-order valence-electron chi connectivity index (χ0n) is 20.1. The Morgan fingerprint density at radius 2 is 1.67 bits per heavy atom. The van der Waals surface area contributed by atoms with Gasteiger partial charge in [-0.25, -0.2) is 0 Å². The van der Waals surface area contributed by atoms with Crippen LogP contribution in [0.2, 0.25) is 10.0 Å². The van der Waals surface area contributed by atoms with Gasteiger partial charge in [0.1, 0.15) is 5.75 Å². The SMILES string of the molecule is COc1c(Cl)cc(Cl)cc1/C=C/C(=O)Nc1ccc(N2CCN(C(=O)c3ccccc3C)CC2)cc1. The number of carbonyl (C=O) groups excluding carboxylic acids is 2. The summed E-state index contributed by atoms with van der Waals surface area (Å²) in [7, 11) is 1.51. The van der Waals surface area contributed by atoms with Crippen molar-refractivity contribution in [2.75, 3.05) is 43.5 Å². The average Bonchev–Trinajstić information content (AvgIpc) is 2.88. The Balaban J connectivity index is 1.33. The van der Waals surface area contributed by atoms with Crippen molar-refractivity contribution >= 4 is 52.5 Å². The Morgan fingerprint density at radius 1 is 0.972 bits per heavy atom. The molecule has 1 N–H and O–H groups in total. The molecule has 3 aromatic carbocycles. The molecular formula is C28H27Cl2N3O3. The maximum Gasteiger partial charge on any atom is 0.254 e. The van der Waals surface area contributed by atoms with Gasteiger partial charge in [0.15, 0.2) is 0 Å². The largest absolute Gasteiger partial charge is 0.495 e. The summed E-state index contributed by atoms with van der Waals surface area (Å²) in [5.74, 6) is 0.246. The van der Waals surface area contributed by atoms with Crippen LogP contribution < -0.4 is 15.0 Å². The molecule has 2 amide bonds. The van der Waals surface area contributed by atoms with Crippen LogP contribution in [0.5, 0.6) is 5.75 Å². The molecule has 186 valence electrons. The molecule has 0 aliphatic carbocycles. The first-order valence-electron chi connectivity index (χ1n) is 11.6. The third kappa shape index (κ3) is 6.01. The molecule has 1 aliphatic heterocycles. The highest BCUT2D eigenvalue weighted by Gasteiger charge is 2.23. The number of piperazine rings is 1. The van der Waals surface area contributed by atoms with E-state index in [1.807, 2.05) is 60.4 Å². The van der Waals surface area contributed by atoms with Crippen LogP contribution in [0.25, 0.3) is 6.08 Å². The van der Waals surface area contributed by atoms with Crippen molar-refractivity contribution in [2.45, 2.75) is 6.92 Å². The number of anilines is 2. The zero-order valence-corrected chi connectivity index (χ0v) is 21.6. The number of nitrogens with one attached hydrogen (secondary N) is 1. The van der Waals surface area contributed by atoms with Crippen LogP contribution >= 0.6 is 23.2 Å². The van der Waals surface area contributed by atoms with E-state index in [0.29, 0.717) is 40.1 Å². The van der Waals surface area contributed by atoms with Crippen LogP contribution in [0.1, 0.15) is 21.5 Å². The van der Waals surface area contributed by atoms with Crippen LogP contribution in [0, 0.1) is 6.92 Å². The number of halogens is 2. The van der Waals surface area contributed by atoms with Gasteiger partial charge in [-0.05, 0) is 61.0 Å². The number of carbonyl (C=O) groups is 2. The number of nitrogens with zero attached hydrogens (tertiary/aromatic N) is 2. The van der Waals surface area contributed by atoms with Gasteiger partial charge in [0.2, 0.25) is 5.91 Å². The molecule has 6 nitrogen and oxygen atoms in total. The number of hydrogen-bond donors (Lipinski definition) is 1. The van der Waals surface area contributed by atoms with E-state index in [4.69, 9.17) is 27.9 Å². The van der Waals surface area contributed by atoms with Crippen LogP contribution in [0.3, 0.4) is 0 Å². The monoisotopic (exact) mass is 523 g/mol. The van der Waals surface area contributed by atoms with E-state index in [0.717, 1.165) is 29.9 Å². The molecule has 1 heterocycles. The lowest BCUT2D eigenvalue weighted by Gasteiger charge is -2.36. The Kier molecular flexibility index (Phi) is 8.18. The number of benzene rings is 3. The molecule has 8 heteroatoms. The quantitative estimate of drug-likeness (QED) is 0.407. The first-order valence-corrected chi connectivity index (χ1v) is 12.3. The molecule has 0 radical (unpaired) electrons. The van der Waals surface area contributed by atoms with Crippen molar-refractivity contribution in [1.82, 2.24) is 4.90 Å². The Labute approximate surface area is 221 Å². The van der Waals surface area contributed by atoms with E-state index in [-0.39, 0.29) is 11.8 Å². The summed E-state index contributed by atoms with van der Waals surface area (Å²) in [5, 5.41) is 3.68. The highest BCUT2D eigenvalue weighted by molar-refractivity contribution is 6.36. The second kappa shape index (κ2) is 11.5. The molecule has 4 rings (SSSR count). The molecule has 36 heavy (non-hydrogen) atoms. The van der Waals surface area contributed by atoms with Crippen molar-refractivity contribution in [3.8, 4) is 5.75 Å². The van der Waals surface area contributed by atoms with Gasteiger partial charge in [-0.2, -0.15) is 0 Å². The highest BCUT2D eigenvalue weighted by Crippen LogP contribution is 2.33. The van der Waals surface area contributed by atoms with Crippen LogP contribution in [-0.2, 0) is 4.79 Å².